The summed E-state index contributed by atoms with van der Waals surface area (Å²) in [5.41, 5.74) is 9.29. The number of halogens is 6. The van der Waals surface area contributed by atoms with Gasteiger partial charge in [-0.2, -0.15) is 26.3 Å². The van der Waals surface area contributed by atoms with Gasteiger partial charge < -0.3 is 16.8 Å². The third-order valence-electron chi connectivity index (χ3n) is 4.32. The molecule has 0 fully saturated rings. The molecule has 174 valence electrons. The molecule has 0 aromatic heterocycles. The second-order valence-corrected chi connectivity index (χ2v) is 6.64. The molecule has 3 amide bonds. The highest BCUT2D eigenvalue weighted by atomic mass is 19.4. The standard InChI is InChI=1S/C18H22F6N4O3/c1-10(14(26)29)28(12-7-5-11(6-8-12)17(19,20)21)15(30)13(4-2-3-9-25)27-16(31)18(22,23)24/h5-8,10,13H,2-4,9,25H2,1H3,(H2,26,29)(H,27,31)/t10-,13-/m0/s1. The van der Waals surface area contributed by atoms with E-state index in [1.165, 1.54) is 0 Å². The minimum Gasteiger partial charge on any atom is -0.368 e. The molecule has 7 nitrogen and oxygen atoms in total. The van der Waals surface area contributed by atoms with Crippen molar-refractivity contribution in [3.8, 4) is 0 Å². The van der Waals surface area contributed by atoms with Crippen molar-refractivity contribution in [2.45, 2.75) is 50.6 Å². The molecule has 1 aromatic carbocycles. The number of alkyl halides is 6. The minimum absolute atomic E-state index is 0.164. The molecule has 0 heterocycles. The third-order valence-corrected chi connectivity index (χ3v) is 4.32. The molecule has 0 unspecified atom stereocenters. The normalized spacial score (nSPS) is 13.9. The summed E-state index contributed by atoms with van der Waals surface area (Å²) >= 11 is 0. The van der Waals surface area contributed by atoms with Crippen molar-refractivity contribution in [2.24, 2.45) is 11.5 Å². The summed E-state index contributed by atoms with van der Waals surface area (Å²) in [6, 6.07) is -0.109. The van der Waals surface area contributed by atoms with Crippen molar-refractivity contribution < 1.29 is 40.7 Å². The molecule has 1 rings (SSSR count). The number of carbonyl (C=O) groups is 3. The Labute approximate surface area is 173 Å². The van der Waals surface area contributed by atoms with Crippen LogP contribution in [0.3, 0.4) is 0 Å². The van der Waals surface area contributed by atoms with Gasteiger partial charge in [0, 0.05) is 5.69 Å². The zero-order valence-corrected chi connectivity index (χ0v) is 16.4. The number of carbonyl (C=O) groups excluding carboxylic acids is 3. The summed E-state index contributed by atoms with van der Waals surface area (Å²) in [6.07, 6.45) is -9.70. The highest BCUT2D eigenvalue weighted by Gasteiger charge is 2.42. The first-order chi connectivity index (χ1) is 14.2. The van der Waals surface area contributed by atoms with E-state index in [-0.39, 0.29) is 25.1 Å². The Kier molecular flexibility index (Phi) is 8.85. The first kappa shape index (κ1) is 26.2. The van der Waals surface area contributed by atoms with Crippen molar-refractivity contribution in [3.05, 3.63) is 29.8 Å². The Morgan fingerprint density at radius 2 is 1.58 bits per heavy atom. The van der Waals surface area contributed by atoms with Crippen LogP contribution in [0.1, 0.15) is 31.7 Å². The number of benzene rings is 1. The van der Waals surface area contributed by atoms with Gasteiger partial charge in [0.25, 0.3) is 0 Å². The van der Waals surface area contributed by atoms with Gasteiger partial charge in [-0.25, -0.2) is 0 Å². The molecule has 1 aromatic rings. The smallest absolute Gasteiger partial charge is 0.368 e. The molecule has 5 N–H and O–H groups in total. The van der Waals surface area contributed by atoms with Crippen LogP contribution in [0.15, 0.2) is 24.3 Å². The van der Waals surface area contributed by atoms with Crippen molar-refractivity contribution in [1.29, 1.82) is 0 Å². The lowest BCUT2D eigenvalue weighted by Crippen LogP contribution is -2.56. The van der Waals surface area contributed by atoms with E-state index < -0.39 is 47.7 Å². The number of hydrogen-bond donors (Lipinski definition) is 3. The van der Waals surface area contributed by atoms with Gasteiger partial charge in [0.2, 0.25) is 11.8 Å². The first-order valence-electron chi connectivity index (χ1n) is 9.07. The Bertz CT molecular complexity index is 780. The van der Waals surface area contributed by atoms with Crippen LogP contribution in [0.4, 0.5) is 32.0 Å². The van der Waals surface area contributed by atoms with Crippen LogP contribution in [-0.2, 0) is 20.6 Å². The number of primary amides is 1. The highest BCUT2D eigenvalue weighted by Crippen LogP contribution is 2.31. The molecule has 0 aliphatic carbocycles. The van der Waals surface area contributed by atoms with Crippen LogP contribution in [0.25, 0.3) is 0 Å². The fourth-order valence-corrected chi connectivity index (χ4v) is 2.64. The molecule has 0 saturated heterocycles. The zero-order chi connectivity index (χ0) is 24.0. The Hall–Kier alpha value is -2.83. The van der Waals surface area contributed by atoms with Gasteiger partial charge in [0.05, 0.1) is 5.56 Å². The van der Waals surface area contributed by atoms with Gasteiger partial charge >= 0.3 is 18.3 Å². The van der Waals surface area contributed by atoms with Crippen LogP contribution < -0.4 is 21.7 Å². The molecule has 0 aliphatic heterocycles. The first-order valence-corrected chi connectivity index (χ1v) is 9.07. The summed E-state index contributed by atoms with van der Waals surface area (Å²) in [7, 11) is 0. The summed E-state index contributed by atoms with van der Waals surface area (Å²) in [4.78, 5) is 36.7. The average Bonchev–Trinajstić information content (AvgIpc) is 2.66. The highest BCUT2D eigenvalue weighted by molar-refractivity contribution is 6.04. The second kappa shape index (κ2) is 10.5. The van der Waals surface area contributed by atoms with Crippen molar-refractivity contribution in [2.75, 3.05) is 11.4 Å². The number of nitrogens with zero attached hydrogens (tertiary/aromatic N) is 1. The fraction of sp³-hybridized carbons (Fsp3) is 0.500. The lowest BCUT2D eigenvalue weighted by Gasteiger charge is -2.31. The Morgan fingerprint density at radius 1 is 1.03 bits per heavy atom. The molecule has 0 aliphatic rings. The summed E-state index contributed by atoms with van der Waals surface area (Å²) in [5, 5.41) is 1.57. The van der Waals surface area contributed by atoms with E-state index in [1.54, 1.807) is 5.32 Å². The maximum absolute atomic E-state index is 13.0. The maximum atomic E-state index is 13.0. The van der Waals surface area contributed by atoms with Crippen LogP contribution in [0.2, 0.25) is 0 Å². The van der Waals surface area contributed by atoms with E-state index >= 15 is 0 Å². The van der Waals surface area contributed by atoms with E-state index in [2.05, 4.69) is 0 Å². The lowest BCUT2D eigenvalue weighted by molar-refractivity contribution is -0.174. The van der Waals surface area contributed by atoms with E-state index in [4.69, 9.17) is 11.5 Å². The molecule has 0 saturated carbocycles. The van der Waals surface area contributed by atoms with Gasteiger partial charge in [-0.3, -0.25) is 19.3 Å². The number of amides is 3. The SMILES string of the molecule is C[C@@H](C(N)=O)N(C(=O)[C@H](CCCCN)NC(=O)C(F)(F)F)c1ccc(C(F)(F)F)cc1. The quantitative estimate of drug-likeness (QED) is 0.390. The van der Waals surface area contributed by atoms with Crippen molar-refractivity contribution in [1.82, 2.24) is 5.32 Å². The number of nitrogens with two attached hydrogens (primary N) is 2. The van der Waals surface area contributed by atoms with Crippen LogP contribution >= 0.6 is 0 Å². The van der Waals surface area contributed by atoms with Crippen LogP contribution in [-0.4, -0.2) is 42.5 Å². The predicted molar refractivity (Wildman–Crippen MR) is 98.5 cm³/mol. The van der Waals surface area contributed by atoms with E-state index in [1.807, 2.05) is 0 Å². The van der Waals surface area contributed by atoms with Gasteiger partial charge in [0.1, 0.15) is 12.1 Å². The maximum Gasteiger partial charge on any atom is 0.471 e. The van der Waals surface area contributed by atoms with Gasteiger partial charge in [-0.15, -0.1) is 0 Å². The number of unbranched alkanes of at least 4 members (excludes halogenated alkanes) is 1. The molecular weight excluding hydrogens is 434 g/mol. The molecule has 2 atom stereocenters. The minimum atomic E-state index is -5.28. The number of rotatable bonds is 9. The van der Waals surface area contributed by atoms with Crippen LogP contribution in [0.5, 0.6) is 0 Å². The predicted octanol–water partition coefficient (Wildman–Crippen LogP) is 2.09. The Morgan fingerprint density at radius 3 is 2.00 bits per heavy atom. The summed E-state index contributed by atoms with van der Waals surface area (Å²) in [6.45, 7) is 1.33. The second-order valence-electron chi connectivity index (χ2n) is 6.64. The third kappa shape index (κ3) is 7.42. The van der Waals surface area contributed by atoms with Crippen molar-refractivity contribution >= 4 is 23.4 Å². The molecule has 31 heavy (non-hydrogen) atoms. The number of anilines is 1. The summed E-state index contributed by atoms with van der Waals surface area (Å²) < 4.78 is 76.5. The Balaban J connectivity index is 3.33. The largest absolute Gasteiger partial charge is 0.471 e. The lowest BCUT2D eigenvalue weighted by atomic mass is 10.0. The number of hydrogen-bond acceptors (Lipinski definition) is 4. The average molecular weight is 456 g/mol. The van der Waals surface area contributed by atoms with Gasteiger partial charge in [0.15, 0.2) is 0 Å². The molecule has 0 radical (unpaired) electrons. The monoisotopic (exact) mass is 456 g/mol. The summed E-state index contributed by atoms with van der Waals surface area (Å²) in [5.74, 6) is -4.57. The molecular formula is C18H22F6N4O3. The van der Waals surface area contributed by atoms with Gasteiger partial charge in [-0.1, -0.05) is 0 Å². The van der Waals surface area contributed by atoms with Crippen molar-refractivity contribution in [3.63, 3.8) is 0 Å². The van der Waals surface area contributed by atoms with E-state index in [9.17, 15) is 40.7 Å². The number of nitrogens with one attached hydrogen (secondary N) is 1. The molecule has 0 bridgehead atoms. The van der Waals surface area contributed by atoms with Gasteiger partial charge in [-0.05, 0) is 57.0 Å². The van der Waals surface area contributed by atoms with E-state index in [0.717, 1.165) is 19.1 Å². The van der Waals surface area contributed by atoms with Crippen LogP contribution in [0, 0.1) is 0 Å². The molecule has 13 heteroatoms. The fourth-order valence-electron chi connectivity index (χ4n) is 2.64. The zero-order valence-electron chi connectivity index (χ0n) is 16.4. The topological polar surface area (TPSA) is 119 Å². The molecule has 0 spiro atoms. The van der Waals surface area contributed by atoms with E-state index in [0.29, 0.717) is 23.5 Å².